The Bertz CT molecular complexity index is 591. The minimum absolute atomic E-state index is 0.464. The second-order valence-corrected chi connectivity index (χ2v) is 6.87. The molecule has 0 atom stereocenters. The molecular formula is C21H35N3O4. The first-order chi connectivity index (χ1) is 13.7. The van der Waals surface area contributed by atoms with Crippen LogP contribution in [0, 0.1) is 0 Å². The van der Waals surface area contributed by atoms with E-state index >= 15 is 0 Å². The largest absolute Gasteiger partial charge is 0.493 e. The first-order valence-electron chi connectivity index (χ1n) is 10.1. The van der Waals surface area contributed by atoms with Crippen LogP contribution >= 0.6 is 0 Å². The third-order valence-corrected chi connectivity index (χ3v) is 4.93. The molecule has 0 amide bonds. The molecule has 0 aliphatic heterocycles. The summed E-state index contributed by atoms with van der Waals surface area (Å²) >= 11 is 0. The fourth-order valence-corrected chi connectivity index (χ4v) is 3.40. The Morgan fingerprint density at radius 1 is 1.00 bits per heavy atom. The zero-order valence-electron chi connectivity index (χ0n) is 17.7. The van der Waals surface area contributed by atoms with Gasteiger partial charge < -0.3 is 29.6 Å². The van der Waals surface area contributed by atoms with E-state index in [0.29, 0.717) is 29.9 Å². The van der Waals surface area contributed by atoms with Crippen molar-refractivity contribution >= 4 is 5.96 Å². The molecule has 1 aliphatic rings. The molecule has 0 unspecified atom stereocenters. The standard InChI is InChI=1S/C21H35N3O4/c1-22-21(23-11-8-12-28-17-9-6-5-7-10-17)24-15-16-13-18(25-2)20(27-4)19(14-16)26-3/h13-14,17H,5-12,15H2,1-4H3,(H2,22,23,24). The van der Waals surface area contributed by atoms with E-state index < -0.39 is 0 Å². The average molecular weight is 394 g/mol. The number of hydrogen-bond donors (Lipinski definition) is 2. The molecule has 0 aromatic heterocycles. The molecule has 7 heteroatoms. The third-order valence-electron chi connectivity index (χ3n) is 4.93. The third kappa shape index (κ3) is 6.78. The molecule has 2 rings (SSSR count). The van der Waals surface area contributed by atoms with Crippen molar-refractivity contribution in [2.45, 2.75) is 51.2 Å². The lowest BCUT2D eigenvalue weighted by Crippen LogP contribution is -2.37. The maximum absolute atomic E-state index is 5.96. The molecular weight excluding hydrogens is 358 g/mol. The quantitative estimate of drug-likeness (QED) is 0.361. The SMILES string of the molecule is CN=C(NCCCOC1CCCCC1)NCc1cc(OC)c(OC)c(OC)c1. The lowest BCUT2D eigenvalue weighted by Gasteiger charge is -2.22. The molecule has 0 spiro atoms. The van der Waals surface area contributed by atoms with Gasteiger partial charge in [-0.25, -0.2) is 0 Å². The highest BCUT2D eigenvalue weighted by atomic mass is 16.5. The van der Waals surface area contributed by atoms with Crippen LogP contribution < -0.4 is 24.8 Å². The van der Waals surface area contributed by atoms with E-state index in [0.717, 1.165) is 31.1 Å². The first-order valence-corrected chi connectivity index (χ1v) is 10.1. The van der Waals surface area contributed by atoms with Crippen LogP contribution in [0.3, 0.4) is 0 Å². The van der Waals surface area contributed by atoms with Crippen molar-refractivity contribution in [2.75, 3.05) is 41.5 Å². The Morgan fingerprint density at radius 3 is 2.25 bits per heavy atom. The molecule has 7 nitrogen and oxygen atoms in total. The van der Waals surface area contributed by atoms with E-state index in [1.54, 1.807) is 28.4 Å². The highest BCUT2D eigenvalue weighted by Gasteiger charge is 2.14. The van der Waals surface area contributed by atoms with Crippen molar-refractivity contribution in [1.82, 2.24) is 10.6 Å². The number of nitrogens with zero attached hydrogens (tertiary/aromatic N) is 1. The van der Waals surface area contributed by atoms with Crippen LogP contribution in [0.15, 0.2) is 17.1 Å². The second-order valence-electron chi connectivity index (χ2n) is 6.87. The molecule has 1 fully saturated rings. The maximum Gasteiger partial charge on any atom is 0.203 e. The Labute approximate surface area is 168 Å². The Balaban J connectivity index is 1.75. The topological polar surface area (TPSA) is 73.3 Å². The summed E-state index contributed by atoms with van der Waals surface area (Å²) in [6, 6.07) is 3.86. The monoisotopic (exact) mass is 393 g/mol. The molecule has 1 aromatic carbocycles. The zero-order valence-corrected chi connectivity index (χ0v) is 17.7. The first kappa shape index (κ1) is 22.1. The van der Waals surface area contributed by atoms with Gasteiger partial charge in [-0.1, -0.05) is 19.3 Å². The normalized spacial score (nSPS) is 15.2. The molecule has 1 aromatic rings. The number of methoxy groups -OCH3 is 3. The zero-order chi connectivity index (χ0) is 20.2. The Morgan fingerprint density at radius 2 is 1.68 bits per heavy atom. The number of benzene rings is 1. The van der Waals surface area contributed by atoms with Gasteiger partial charge in [0.2, 0.25) is 5.75 Å². The summed E-state index contributed by atoms with van der Waals surface area (Å²) in [5.41, 5.74) is 1.01. The van der Waals surface area contributed by atoms with Crippen LogP contribution in [-0.4, -0.2) is 53.6 Å². The summed E-state index contributed by atoms with van der Waals surface area (Å²) in [6.07, 6.45) is 7.82. The molecule has 1 saturated carbocycles. The molecule has 0 radical (unpaired) electrons. The molecule has 0 bridgehead atoms. The number of ether oxygens (including phenoxy) is 4. The van der Waals surface area contributed by atoms with Crippen molar-refractivity contribution in [2.24, 2.45) is 4.99 Å². The van der Waals surface area contributed by atoms with Crippen molar-refractivity contribution in [1.29, 1.82) is 0 Å². The van der Waals surface area contributed by atoms with Crippen LogP contribution in [0.1, 0.15) is 44.1 Å². The van der Waals surface area contributed by atoms with Crippen LogP contribution in [0.4, 0.5) is 0 Å². The highest BCUT2D eigenvalue weighted by Crippen LogP contribution is 2.38. The lowest BCUT2D eigenvalue weighted by atomic mass is 9.98. The minimum Gasteiger partial charge on any atom is -0.493 e. The number of rotatable bonds is 10. The van der Waals surface area contributed by atoms with Gasteiger partial charge in [-0.2, -0.15) is 0 Å². The van der Waals surface area contributed by atoms with E-state index in [4.69, 9.17) is 18.9 Å². The smallest absolute Gasteiger partial charge is 0.203 e. The van der Waals surface area contributed by atoms with Crippen LogP contribution in [0.2, 0.25) is 0 Å². The van der Waals surface area contributed by atoms with Gasteiger partial charge in [-0.05, 0) is 37.0 Å². The number of nitrogens with one attached hydrogen (secondary N) is 2. The van der Waals surface area contributed by atoms with Crippen LogP contribution in [-0.2, 0) is 11.3 Å². The number of hydrogen-bond acceptors (Lipinski definition) is 5. The molecule has 0 saturated heterocycles. The van der Waals surface area contributed by atoms with E-state index in [2.05, 4.69) is 15.6 Å². The lowest BCUT2D eigenvalue weighted by molar-refractivity contribution is 0.0277. The Kier molecular flexibility index (Phi) is 9.76. The summed E-state index contributed by atoms with van der Waals surface area (Å²) in [6.45, 7) is 2.21. The number of aliphatic imine (C=N–C) groups is 1. The van der Waals surface area contributed by atoms with E-state index in [9.17, 15) is 0 Å². The molecule has 28 heavy (non-hydrogen) atoms. The fraction of sp³-hybridized carbons (Fsp3) is 0.667. The summed E-state index contributed by atoms with van der Waals surface area (Å²) in [4.78, 5) is 4.28. The van der Waals surface area contributed by atoms with Gasteiger partial charge in [0, 0.05) is 26.7 Å². The van der Waals surface area contributed by atoms with Crippen molar-refractivity contribution < 1.29 is 18.9 Å². The number of guanidine groups is 1. The predicted molar refractivity (Wildman–Crippen MR) is 112 cm³/mol. The Hall–Kier alpha value is -2.15. The van der Waals surface area contributed by atoms with E-state index in [-0.39, 0.29) is 0 Å². The van der Waals surface area contributed by atoms with Gasteiger partial charge in [0.25, 0.3) is 0 Å². The minimum atomic E-state index is 0.464. The van der Waals surface area contributed by atoms with Gasteiger partial charge in [0.05, 0.1) is 27.4 Å². The van der Waals surface area contributed by atoms with Crippen LogP contribution in [0.5, 0.6) is 17.2 Å². The fourth-order valence-electron chi connectivity index (χ4n) is 3.40. The molecule has 2 N–H and O–H groups in total. The molecule has 1 aliphatic carbocycles. The van der Waals surface area contributed by atoms with Gasteiger partial charge in [0.1, 0.15) is 0 Å². The van der Waals surface area contributed by atoms with Crippen molar-refractivity contribution in [3.63, 3.8) is 0 Å². The van der Waals surface area contributed by atoms with Crippen molar-refractivity contribution in [3.8, 4) is 17.2 Å². The second kappa shape index (κ2) is 12.3. The van der Waals surface area contributed by atoms with E-state index in [1.807, 2.05) is 12.1 Å². The summed E-state index contributed by atoms with van der Waals surface area (Å²) in [5, 5.41) is 6.64. The summed E-state index contributed by atoms with van der Waals surface area (Å²) in [5.74, 6) is 2.63. The molecule has 158 valence electrons. The molecule has 0 heterocycles. The summed E-state index contributed by atoms with van der Waals surface area (Å²) < 4.78 is 22.1. The van der Waals surface area contributed by atoms with Gasteiger partial charge in [-0.15, -0.1) is 0 Å². The summed E-state index contributed by atoms with van der Waals surface area (Å²) in [7, 11) is 6.60. The van der Waals surface area contributed by atoms with E-state index in [1.165, 1.54) is 32.1 Å². The highest BCUT2D eigenvalue weighted by molar-refractivity contribution is 5.79. The van der Waals surface area contributed by atoms with Crippen molar-refractivity contribution in [3.05, 3.63) is 17.7 Å². The average Bonchev–Trinajstić information content (AvgIpc) is 2.75. The van der Waals surface area contributed by atoms with Gasteiger partial charge in [0.15, 0.2) is 17.5 Å². The van der Waals surface area contributed by atoms with Crippen LogP contribution in [0.25, 0.3) is 0 Å². The van der Waals surface area contributed by atoms with Gasteiger partial charge in [-0.3, -0.25) is 4.99 Å². The van der Waals surface area contributed by atoms with Gasteiger partial charge >= 0.3 is 0 Å². The predicted octanol–water partition coefficient (Wildman–Crippen LogP) is 3.12. The maximum atomic E-state index is 5.96.